The summed E-state index contributed by atoms with van der Waals surface area (Å²) in [7, 11) is 0. The normalized spacial score (nSPS) is 27.7. The van der Waals surface area contributed by atoms with Crippen molar-refractivity contribution in [2.24, 2.45) is 0 Å². The van der Waals surface area contributed by atoms with Crippen molar-refractivity contribution in [1.29, 1.82) is 0 Å². The van der Waals surface area contributed by atoms with E-state index in [1.807, 2.05) is 6.08 Å². The van der Waals surface area contributed by atoms with E-state index in [1.165, 1.54) is 154 Å². The van der Waals surface area contributed by atoms with Gasteiger partial charge in [0, 0.05) is 6.42 Å². The lowest BCUT2D eigenvalue weighted by Gasteiger charge is -2.48. The highest BCUT2D eigenvalue weighted by atomic mass is 16.8. The first-order chi connectivity index (χ1) is 46.3. The fourth-order valence-corrected chi connectivity index (χ4v) is 12.2. The molecule has 0 bridgehead atoms. The van der Waals surface area contributed by atoms with Crippen LogP contribution >= 0.6 is 0 Å². The van der Waals surface area contributed by atoms with Crippen LogP contribution in [0.4, 0.5) is 0 Å². The molecule has 0 saturated carbocycles. The first-order valence-corrected chi connectivity index (χ1v) is 37.3. The van der Waals surface area contributed by atoms with Gasteiger partial charge in [-0.15, -0.1) is 0 Å². The van der Waals surface area contributed by atoms with Gasteiger partial charge in [0.25, 0.3) is 0 Å². The molecule has 0 aromatic heterocycles. The van der Waals surface area contributed by atoms with Crippen LogP contribution in [-0.4, -0.2) is 193 Å². The number of hydrogen-bond donors (Lipinski definition) is 12. The molecule has 0 radical (unpaired) electrons. The summed E-state index contributed by atoms with van der Waals surface area (Å²) in [6.07, 6.45) is 47.2. The molecular formula is C76H133NO18. The van der Waals surface area contributed by atoms with Crippen molar-refractivity contribution in [3.63, 3.8) is 0 Å². The minimum Gasteiger partial charge on any atom is -0.394 e. The van der Waals surface area contributed by atoms with Crippen molar-refractivity contribution < 1.29 is 89.4 Å². The third kappa shape index (κ3) is 37.8. The number of aliphatic hydroxyl groups excluding tert-OH is 11. The zero-order chi connectivity index (χ0) is 68.9. The van der Waals surface area contributed by atoms with E-state index in [0.29, 0.717) is 12.8 Å². The van der Waals surface area contributed by atoms with Crippen molar-refractivity contribution in [1.82, 2.24) is 5.32 Å². The van der Waals surface area contributed by atoms with Gasteiger partial charge < -0.3 is 89.9 Å². The maximum Gasteiger partial charge on any atom is 0.220 e. The molecule has 17 atom stereocenters. The van der Waals surface area contributed by atoms with Gasteiger partial charge in [0.2, 0.25) is 5.91 Å². The Labute approximate surface area is 571 Å². The second kappa shape index (κ2) is 56.7. The number of nitrogens with one attached hydrogen (secondary N) is 1. The van der Waals surface area contributed by atoms with Crippen LogP contribution in [0.25, 0.3) is 0 Å². The molecule has 0 aromatic rings. The van der Waals surface area contributed by atoms with Crippen LogP contribution in [0.1, 0.15) is 258 Å². The molecule has 0 spiro atoms. The highest BCUT2D eigenvalue weighted by molar-refractivity contribution is 5.76. The Hall–Kier alpha value is -3.03. The molecule has 12 N–H and O–H groups in total. The molecule has 19 nitrogen and oxygen atoms in total. The monoisotopic (exact) mass is 1350 g/mol. The van der Waals surface area contributed by atoms with Crippen LogP contribution in [-0.2, 0) is 33.2 Å². The van der Waals surface area contributed by atoms with Crippen LogP contribution in [0.5, 0.6) is 0 Å². The average Bonchev–Trinajstić information content (AvgIpc) is 0.799. The Morgan fingerprint density at radius 3 is 1.18 bits per heavy atom. The van der Waals surface area contributed by atoms with Crippen molar-refractivity contribution in [2.45, 2.75) is 362 Å². The molecule has 3 fully saturated rings. The number of carbonyl (C=O) groups excluding carboxylic acids is 1. The van der Waals surface area contributed by atoms with E-state index in [0.717, 1.165) is 70.6 Å². The summed E-state index contributed by atoms with van der Waals surface area (Å²) in [5, 5.41) is 121. The quantitative estimate of drug-likeness (QED) is 0.0199. The van der Waals surface area contributed by atoms with Gasteiger partial charge in [-0.25, -0.2) is 0 Å². The van der Waals surface area contributed by atoms with Gasteiger partial charge in [-0.3, -0.25) is 4.79 Å². The van der Waals surface area contributed by atoms with Gasteiger partial charge >= 0.3 is 0 Å². The summed E-state index contributed by atoms with van der Waals surface area (Å²) in [4.78, 5) is 13.4. The number of allylic oxidation sites excluding steroid dienone is 13. The Kier molecular flexibility index (Phi) is 51.4. The maximum atomic E-state index is 13.4. The largest absolute Gasteiger partial charge is 0.394 e. The molecule has 3 aliphatic rings. The zero-order valence-electron chi connectivity index (χ0n) is 58.4. The molecule has 3 aliphatic heterocycles. The highest BCUT2D eigenvalue weighted by Crippen LogP contribution is 2.33. The number of ether oxygens (including phenoxy) is 6. The third-order valence-corrected chi connectivity index (χ3v) is 18.2. The van der Waals surface area contributed by atoms with Crippen LogP contribution in [0.3, 0.4) is 0 Å². The molecule has 1 amide bonds. The fraction of sp³-hybridized carbons (Fsp3) is 0.803. The van der Waals surface area contributed by atoms with Gasteiger partial charge in [0.05, 0.1) is 38.6 Å². The Balaban J connectivity index is 1.35. The molecule has 3 saturated heterocycles. The Morgan fingerprint density at radius 2 is 0.737 bits per heavy atom. The van der Waals surface area contributed by atoms with Crippen LogP contribution in [0.2, 0.25) is 0 Å². The lowest BCUT2D eigenvalue weighted by atomic mass is 9.96. The fourth-order valence-electron chi connectivity index (χ4n) is 12.2. The second-order valence-corrected chi connectivity index (χ2v) is 26.4. The van der Waals surface area contributed by atoms with Crippen LogP contribution in [0.15, 0.2) is 85.1 Å². The molecule has 17 unspecified atom stereocenters. The summed E-state index contributed by atoms with van der Waals surface area (Å²) in [5.74, 6) is -0.285. The first kappa shape index (κ1) is 86.2. The minimum atomic E-state index is -1.98. The number of unbranched alkanes of at least 4 members (excludes halogenated alkanes) is 29. The number of hydrogen-bond acceptors (Lipinski definition) is 18. The lowest BCUT2D eigenvalue weighted by Crippen LogP contribution is -2.66. The molecule has 550 valence electrons. The SMILES string of the molecule is CC/C=C\C/C=C\C/C=C\C/C=C\C/C=C\CCCCCCCCCCCCCCCCCCCCCC(=O)NC(COC1OC(CO)C(OC2OC(CO)C(OC3OC(CO)C(O)C(O)C3O)C(O)C2O)C(O)C1O)C(O)/C=C/CC/C=C/CCCCCCCCCCC. The number of amides is 1. The summed E-state index contributed by atoms with van der Waals surface area (Å²) < 4.78 is 34.3. The lowest BCUT2D eigenvalue weighted by molar-refractivity contribution is -0.379. The van der Waals surface area contributed by atoms with Crippen LogP contribution < -0.4 is 5.32 Å². The predicted molar refractivity (Wildman–Crippen MR) is 374 cm³/mol. The van der Waals surface area contributed by atoms with Gasteiger partial charge in [0.1, 0.15) is 73.2 Å². The molecule has 3 rings (SSSR count). The molecule has 0 aliphatic carbocycles. The molecule has 3 heterocycles. The highest BCUT2D eigenvalue weighted by Gasteiger charge is 2.53. The molecule has 95 heavy (non-hydrogen) atoms. The van der Waals surface area contributed by atoms with Crippen LogP contribution in [0, 0.1) is 0 Å². The summed E-state index contributed by atoms with van der Waals surface area (Å²) in [5.41, 5.74) is 0. The smallest absolute Gasteiger partial charge is 0.220 e. The van der Waals surface area contributed by atoms with Gasteiger partial charge in [-0.1, -0.05) is 259 Å². The van der Waals surface area contributed by atoms with Crippen molar-refractivity contribution in [2.75, 3.05) is 26.4 Å². The summed E-state index contributed by atoms with van der Waals surface area (Å²) in [6.45, 7) is 1.60. The van der Waals surface area contributed by atoms with E-state index >= 15 is 0 Å². The number of rotatable bonds is 57. The van der Waals surface area contributed by atoms with Crippen molar-refractivity contribution in [3.05, 3.63) is 85.1 Å². The zero-order valence-corrected chi connectivity index (χ0v) is 58.4. The van der Waals surface area contributed by atoms with Gasteiger partial charge in [-0.2, -0.15) is 0 Å². The molecule has 0 aromatic carbocycles. The Bertz CT molecular complexity index is 2050. The summed E-state index contributed by atoms with van der Waals surface area (Å²) in [6, 6.07) is -0.992. The third-order valence-electron chi connectivity index (χ3n) is 18.2. The Morgan fingerprint density at radius 1 is 0.389 bits per heavy atom. The van der Waals surface area contributed by atoms with Gasteiger partial charge in [-0.05, 0) is 77.0 Å². The van der Waals surface area contributed by atoms with E-state index in [1.54, 1.807) is 6.08 Å². The second-order valence-electron chi connectivity index (χ2n) is 26.4. The van der Waals surface area contributed by atoms with Crippen molar-refractivity contribution in [3.8, 4) is 0 Å². The first-order valence-electron chi connectivity index (χ1n) is 37.3. The van der Waals surface area contributed by atoms with E-state index < -0.39 is 124 Å². The number of carbonyl (C=O) groups is 1. The maximum absolute atomic E-state index is 13.4. The average molecular weight is 1350 g/mol. The van der Waals surface area contributed by atoms with E-state index in [-0.39, 0.29) is 18.9 Å². The van der Waals surface area contributed by atoms with E-state index in [4.69, 9.17) is 28.4 Å². The topological polar surface area (TPSA) is 307 Å². The predicted octanol–water partition coefficient (Wildman–Crippen LogP) is 11.1. The van der Waals surface area contributed by atoms with E-state index in [2.05, 4.69) is 92.1 Å². The standard InChI is InChI=1S/C76H133NO18/c1-3-5-7-9-11-13-15-17-19-20-21-22-23-24-25-26-27-28-29-30-31-32-33-34-35-36-37-38-40-42-44-46-48-50-52-54-64(82)77-59(60(81)53-51-49-47-45-43-41-39-18-16-14-12-10-8-6-4-2)58-90-74-70(88)67(85)72(62(56-79)92-74)95-76-71(89)68(86)73(63(57-80)93-76)94-75-69(87)66(84)65(83)61(55-78)91-75/h5,7,11,13,17,19,21-22,24-25,43,45,51,53,59-63,65-76,78-81,83-89H,3-4,6,8-10,12,14-16,18,20,23,26-42,44,46-50,52,54-58H2,1-2H3,(H,77,82)/b7-5-,13-11-,19-17-,22-21-,25-24-,45-43+,53-51+. The number of aliphatic hydroxyl groups is 11. The summed E-state index contributed by atoms with van der Waals surface area (Å²) >= 11 is 0. The van der Waals surface area contributed by atoms with Gasteiger partial charge in [0.15, 0.2) is 18.9 Å². The van der Waals surface area contributed by atoms with E-state index in [9.17, 15) is 61.0 Å². The molecular weight excluding hydrogens is 1210 g/mol. The van der Waals surface area contributed by atoms with Crippen molar-refractivity contribution >= 4 is 5.91 Å². The minimum absolute atomic E-state index is 0.234. The molecule has 19 heteroatoms.